The van der Waals surface area contributed by atoms with Gasteiger partial charge in [-0.25, -0.2) is 0 Å². The maximum absolute atomic E-state index is 12.5. The zero-order valence-electron chi connectivity index (χ0n) is 15.0. The van der Waals surface area contributed by atoms with E-state index in [4.69, 9.17) is 15.2 Å². The van der Waals surface area contributed by atoms with Crippen LogP contribution in [0, 0.1) is 11.8 Å². The van der Waals surface area contributed by atoms with Gasteiger partial charge in [-0.05, 0) is 42.4 Å². The molecular weight excluding hydrogens is 340 g/mol. The summed E-state index contributed by atoms with van der Waals surface area (Å²) in [5.74, 6) is 2.23. The maximum Gasteiger partial charge on any atom is 0.220 e. The summed E-state index contributed by atoms with van der Waals surface area (Å²) >= 11 is 0. The summed E-state index contributed by atoms with van der Waals surface area (Å²) in [5.41, 5.74) is 7.15. The number of nitrogens with two attached hydrogens (primary N) is 1. The van der Waals surface area contributed by atoms with E-state index < -0.39 is 0 Å². The lowest BCUT2D eigenvalue weighted by Crippen LogP contribution is -2.35. The molecular formula is C19H29ClN2O3. The van der Waals surface area contributed by atoms with Crippen molar-refractivity contribution in [2.45, 2.75) is 51.6 Å². The molecule has 3 rings (SSSR count). The van der Waals surface area contributed by atoms with Crippen LogP contribution in [0.4, 0.5) is 0 Å². The Labute approximate surface area is 156 Å². The van der Waals surface area contributed by atoms with Gasteiger partial charge in [-0.15, -0.1) is 12.4 Å². The lowest BCUT2D eigenvalue weighted by atomic mass is 9.94. The Balaban J connectivity index is 0.00000225. The third-order valence-electron chi connectivity index (χ3n) is 5.07. The van der Waals surface area contributed by atoms with Crippen molar-refractivity contribution in [2.75, 3.05) is 13.2 Å². The minimum Gasteiger partial charge on any atom is -0.486 e. The third kappa shape index (κ3) is 4.79. The predicted molar refractivity (Wildman–Crippen MR) is 100 cm³/mol. The number of rotatable bonds is 5. The van der Waals surface area contributed by atoms with Crippen molar-refractivity contribution in [3.63, 3.8) is 0 Å². The van der Waals surface area contributed by atoms with Gasteiger partial charge < -0.3 is 20.5 Å². The Morgan fingerprint density at radius 3 is 2.60 bits per heavy atom. The molecule has 0 radical (unpaired) electrons. The highest BCUT2D eigenvalue weighted by Crippen LogP contribution is 2.34. The SMILES string of the molecule is CC(C)C(NC(=O)C[C@@H]1CCC[C@H]1N)c1ccc2c(c1)OCCO2.Cl. The Morgan fingerprint density at radius 1 is 1.24 bits per heavy atom. The molecule has 2 aliphatic rings. The van der Waals surface area contributed by atoms with Gasteiger partial charge in [-0.3, -0.25) is 4.79 Å². The normalized spacial score (nSPS) is 23.0. The van der Waals surface area contributed by atoms with Crippen molar-refractivity contribution in [3.05, 3.63) is 23.8 Å². The zero-order valence-corrected chi connectivity index (χ0v) is 15.8. The Hall–Kier alpha value is -1.46. The van der Waals surface area contributed by atoms with Crippen LogP contribution >= 0.6 is 12.4 Å². The van der Waals surface area contributed by atoms with Crippen molar-refractivity contribution in [1.29, 1.82) is 0 Å². The maximum atomic E-state index is 12.5. The van der Waals surface area contributed by atoms with E-state index in [0.29, 0.717) is 25.6 Å². The van der Waals surface area contributed by atoms with Crippen LogP contribution in [0.15, 0.2) is 18.2 Å². The number of carbonyl (C=O) groups excluding carboxylic acids is 1. The number of benzene rings is 1. The molecule has 0 saturated heterocycles. The highest BCUT2D eigenvalue weighted by atomic mass is 35.5. The molecule has 1 unspecified atom stereocenters. The first-order chi connectivity index (χ1) is 11.5. The van der Waals surface area contributed by atoms with E-state index in [0.717, 1.165) is 36.3 Å². The average molecular weight is 369 g/mol. The number of hydrogen-bond donors (Lipinski definition) is 2. The van der Waals surface area contributed by atoms with E-state index in [1.54, 1.807) is 0 Å². The largest absolute Gasteiger partial charge is 0.486 e. The minimum atomic E-state index is -0.0362. The van der Waals surface area contributed by atoms with Gasteiger partial charge in [0.05, 0.1) is 6.04 Å². The van der Waals surface area contributed by atoms with Crippen LogP contribution in [0.1, 0.15) is 51.1 Å². The Bertz CT molecular complexity index is 594. The van der Waals surface area contributed by atoms with Crippen molar-refractivity contribution < 1.29 is 14.3 Å². The fourth-order valence-corrected chi connectivity index (χ4v) is 3.68. The highest BCUT2D eigenvalue weighted by molar-refractivity contribution is 5.85. The standard InChI is InChI=1S/C19H28N2O3.ClH/c1-12(2)19(21-18(22)11-13-4-3-5-15(13)20)14-6-7-16-17(10-14)24-9-8-23-16;/h6-7,10,12-13,15,19H,3-5,8-9,11,20H2,1-2H3,(H,21,22);1H/t13-,15+,19?;/m0./s1. The summed E-state index contributed by atoms with van der Waals surface area (Å²) in [6, 6.07) is 6.06. The van der Waals surface area contributed by atoms with E-state index in [9.17, 15) is 4.79 Å². The quantitative estimate of drug-likeness (QED) is 0.836. The first kappa shape index (κ1) is 19.9. The number of hydrogen-bond acceptors (Lipinski definition) is 4. The second-order valence-electron chi connectivity index (χ2n) is 7.25. The number of nitrogens with one attached hydrogen (secondary N) is 1. The summed E-state index contributed by atoms with van der Waals surface area (Å²) in [6.07, 6.45) is 3.75. The van der Waals surface area contributed by atoms with Crippen molar-refractivity contribution in [3.8, 4) is 11.5 Å². The minimum absolute atomic E-state index is 0. The van der Waals surface area contributed by atoms with Crippen LogP contribution in [0.5, 0.6) is 11.5 Å². The molecule has 6 heteroatoms. The summed E-state index contributed by atoms with van der Waals surface area (Å²) in [6.45, 7) is 5.37. The zero-order chi connectivity index (χ0) is 17.1. The summed E-state index contributed by atoms with van der Waals surface area (Å²) in [7, 11) is 0. The molecule has 1 aromatic rings. The second-order valence-corrected chi connectivity index (χ2v) is 7.25. The van der Waals surface area contributed by atoms with E-state index in [1.807, 2.05) is 18.2 Å². The van der Waals surface area contributed by atoms with Gasteiger partial charge in [0, 0.05) is 12.5 Å². The molecule has 3 N–H and O–H groups in total. The smallest absolute Gasteiger partial charge is 0.220 e. The topological polar surface area (TPSA) is 73.6 Å². The van der Waals surface area contributed by atoms with Crippen LogP contribution in [0.25, 0.3) is 0 Å². The van der Waals surface area contributed by atoms with Crippen LogP contribution in [-0.4, -0.2) is 25.2 Å². The summed E-state index contributed by atoms with van der Waals surface area (Å²) < 4.78 is 11.2. The molecule has 3 atom stereocenters. The number of amides is 1. The first-order valence-electron chi connectivity index (χ1n) is 8.99. The van der Waals surface area contributed by atoms with E-state index in [-0.39, 0.29) is 36.3 Å². The van der Waals surface area contributed by atoms with Gasteiger partial charge in [0.1, 0.15) is 13.2 Å². The van der Waals surface area contributed by atoms with E-state index in [1.165, 1.54) is 0 Å². The summed E-state index contributed by atoms with van der Waals surface area (Å²) in [5, 5.41) is 3.20. The molecule has 1 aliphatic heterocycles. The Kier molecular flexibility index (Phi) is 6.96. The first-order valence-corrected chi connectivity index (χ1v) is 8.99. The molecule has 1 amide bonds. The number of fused-ring (bicyclic) bond motifs is 1. The van der Waals surface area contributed by atoms with Gasteiger partial charge in [0.25, 0.3) is 0 Å². The van der Waals surface area contributed by atoms with Gasteiger partial charge in [-0.2, -0.15) is 0 Å². The van der Waals surface area contributed by atoms with E-state index >= 15 is 0 Å². The monoisotopic (exact) mass is 368 g/mol. The fraction of sp³-hybridized carbons (Fsp3) is 0.632. The molecule has 1 saturated carbocycles. The second kappa shape index (κ2) is 8.77. The molecule has 0 spiro atoms. The molecule has 1 aromatic carbocycles. The van der Waals surface area contributed by atoms with Gasteiger partial charge >= 0.3 is 0 Å². The number of halogens is 1. The lowest BCUT2D eigenvalue weighted by molar-refractivity contribution is -0.123. The van der Waals surface area contributed by atoms with Crippen LogP contribution in [0.3, 0.4) is 0 Å². The predicted octanol–water partition coefficient (Wildman–Crippen LogP) is 3.21. The molecule has 0 aromatic heterocycles. The molecule has 1 heterocycles. The average Bonchev–Trinajstić information content (AvgIpc) is 2.97. The highest BCUT2D eigenvalue weighted by Gasteiger charge is 2.28. The Morgan fingerprint density at radius 2 is 1.96 bits per heavy atom. The molecule has 1 aliphatic carbocycles. The lowest BCUT2D eigenvalue weighted by Gasteiger charge is -2.26. The van der Waals surface area contributed by atoms with Crippen molar-refractivity contribution in [2.24, 2.45) is 17.6 Å². The van der Waals surface area contributed by atoms with Crippen LogP contribution in [-0.2, 0) is 4.79 Å². The van der Waals surface area contributed by atoms with E-state index in [2.05, 4.69) is 19.2 Å². The number of ether oxygens (including phenoxy) is 2. The summed E-state index contributed by atoms with van der Waals surface area (Å²) in [4.78, 5) is 12.5. The molecule has 5 nitrogen and oxygen atoms in total. The van der Waals surface area contributed by atoms with Gasteiger partial charge in [-0.1, -0.05) is 26.3 Å². The van der Waals surface area contributed by atoms with Gasteiger partial charge in [0.15, 0.2) is 11.5 Å². The van der Waals surface area contributed by atoms with Crippen LogP contribution in [0.2, 0.25) is 0 Å². The van der Waals surface area contributed by atoms with Crippen LogP contribution < -0.4 is 20.5 Å². The van der Waals surface area contributed by atoms with Crippen molar-refractivity contribution >= 4 is 18.3 Å². The van der Waals surface area contributed by atoms with Gasteiger partial charge in [0.2, 0.25) is 5.91 Å². The molecule has 1 fully saturated rings. The molecule has 0 bridgehead atoms. The van der Waals surface area contributed by atoms with Crippen molar-refractivity contribution in [1.82, 2.24) is 5.32 Å². The number of carbonyl (C=O) groups is 1. The molecule has 25 heavy (non-hydrogen) atoms. The third-order valence-corrected chi connectivity index (χ3v) is 5.07. The molecule has 140 valence electrons. The fourth-order valence-electron chi connectivity index (χ4n) is 3.68.